The van der Waals surface area contributed by atoms with Gasteiger partial charge in [-0.15, -0.1) is 12.4 Å². The molecule has 1 fully saturated rings. The minimum absolute atomic E-state index is 0. The summed E-state index contributed by atoms with van der Waals surface area (Å²) in [6.07, 6.45) is 4.65. The zero-order valence-corrected chi connectivity index (χ0v) is 20.4. The van der Waals surface area contributed by atoms with Gasteiger partial charge in [-0.25, -0.2) is 4.39 Å². The van der Waals surface area contributed by atoms with Crippen molar-refractivity contribution in [2.75, 3.05) is 32.8 Å². The molecule has 1 aromatic carbocycles. The first-order valence-corrected chi connectivity index (χ1v) is 12.5. The molecule has 6 rings (SSSR count). The van der Waals surface area contributed by atoms with Gasteiger partial charge in [0.15, 0.2) is 11.5 Å². The van der Waals surface area contributed by atoms with Crippen LogP contribution in [0.25, 0.3) is 10.2 Å². The highest BCUT2D eigenvalue weighted by molar-refractivity contribution is 7.16. The first-order valence-electron chi connectivity index (χ1n) is 11.7. The van der Waals surface area contributed by atoms with E-state index in [9.17, 15) is 9.18 Å². The number of aryl methyl sites for hydroxylation is 1. The number of hydrogen-bond donors (Lipinski definition) is 1. The van der Waals surface area contributed by atoms with Crippen LogP contribution in [0.1, 0.15) is 36.4 Å². The van der Waals surface area contributed by atoms with Gasteiger partial charge in [0.25, 0.3) is 0 Å². The molecule has 3 aliphatic heterocycles. The molecule has 10 heteroatoms. The van der Waals surface area contributed by atoms with Crippen molar-refractivity contribution in [3.8, 4) is 11.5 Å². The topological polar surface area (TPSA) is 68.6 Å². The quantitative estimate of drug-likeness (QED) is 0.571. The third-order valence-corrected chi connectivity index (χ3v) is 7.99. The molecule has 5 heterocycles. The third-order valence-electron chi connectivity index (χ3n) is 7.05. The monoisotopic (exact) mass is 506 g/mol. The molecular weight excluding hydrogens is 479 g/mol. The molecule has 1 atom stereocenters. The molecule has 3 aromatic rings. The Balaban J connectivity index is 0.00000241. The summed E-state index contributed by atoms with van der Waals surface area (Å²) in [7, 11) is 0. The predicted molar refractivity (Wildman–Crippen MR) is 132 cm³/mol. The largest absolute Gasteiger partial charge is 0.486 e. The van der Waals surface area contributed by atoms with Crippen molar-refractivity contribution in [3.05, 3.63) is 51.1 Å². The number of pyridine rings is 1. The zero-order valence-electron chi connectivity index (χ0n) is 18.8. The fourth-order valence-corrected chi connectivity index (χ4v) is 6.27. The van der Waals surface area contributed by atoms with Gasteiger partial charge in [-0.1, -0.05) is 11.3 Å². The van der Waals surface area contributed by atoms with Gasteiger partial charge in [0.05, 0.1) is 22.1 Å². The summed E-state index contributed by atoms with van der Waals surface area (Å²) in [6.45, 7) is 5.34. The molecule has 1 saturated heterocycles. The summed E-state index contributed by atoms with van der Waals surface area (Å²) < 4.78 is 28.7. The second kappa shape index (κ2) is 9.81. The Morgan fingerprint density at radius 1 is 1.12 bits per heavy atom. The maximum Gasteiger partial charge on any atom is 0.308 e. The van der Waals surface area contributed by atoms with Crippen LogP contribution in [-0.4, -0.2) is 53.3 Å². The Bertz CT molecular complexity index is 1240. The molecule has 1 N–H and O–H groups in total. The Labute approximate surface area is 207 Å². The molecule has 0 amide bonds. The number of ether oxygens (including phenoxy) is 2. The van der Waals surface area contributed by atoms with Crippen molar-refractivity contribution in [2.24, 2.45) is 0 Å². The van der Waals surface area contributed by atoms with Gasteiger partial charge in [0, 0.05) is 43.2 Å². The van der Waals surface area contributed by atoms with E-state index in [-0.39, 0.29) is 29.0 Å². The molecule has 1 unspecified atom stereocenters. The molecule has 2 aromatic heterocycles. The minimum Gasteiger partial charge on any atom is -0.486 e. The van der Waals surface area contributed by atoms with Gasteiger partial charge in [0.2, 0.25) is 0 Å². The SMILES string of the molecule is Cl.O=c1sc2ccc(F)c3c2n1CCC3CN1CCC(NCc2cc3c(cn2)OCCO3)CC1. The standard InChI is InChI=1S/C24H27FN4O3S.ClH/c25-18-1-2-21-23-22(18)15(3-8-29(23)24(30)33-21)14-28-6-4-16(5-7-28)26-12-17-11-19-20(13-27-17)32-10-9-31-19;/h1-2,11,13,15-16,26H,3-10,12,14H2;1H. The van der Waals surface area contributed by atoms with Crippen molar-refractivity contribution in [1.29, 1.82) is 0 Å². The summed E-state index contributed by atoms with van der Waals surface area (Å²) in [4.78, 5) is 19.2. The van der Waals surface area contributed by atoms with Crippen LogP contribution in [0.4, 0.5) is 4.39 Å². The predicted octanol–water partition coefficient (Wildman–Crippen LogP) is 3.53. The molecule has 182 valence electrons. The van der Waals surface area contributed by atoms with Gasteiger partial charge in [-0.05, 0) is 44.5 Å². The number of thiazole rings is 1. The van der Waals surface area contributed by atoms with E-state index in [0.29, 0.717) is 38.1 Å². The van der Waals surface area contributed by atoms with Crippen molar-refractivity contribution >= 4 is 34.0 Å². The fraction of sp³-hybridized carbons (Fsp3) is 0.500. The second-order valence-electron chi connectivity index (χ2n) is 9.09. The van der Waals surface area contributed by atoms with Crippen LogP contribution in [0.5, 0.6) is 11.5 Å². The molecule has 0 aliphatic carbocycles. The lowest BCUT2D eigenvalue weighted by molar-refractivity contribution is 0.170. The van der Waals surface area contributed by atoms with Crippen molar-refractivity contribution in [2.45, 2.75) is 44.3 Å². The molecule has 3 aliphatic rings. The highest BCUT2D eigenvalue weighted by atomic mass is 35.5. The van der Waals surface area contributed by atoms with E-state index in [1.54, 1.807) is 16.8 Å². The summed E-state index contributed by atoms with van der Waals surface area (Å²) in [6, 6.07) is 5.66. The number of aromatic nitrogens is 2. The van der Waals surface area contributed by atoms with Gasteiger partial charge in [-0.3, -0.25) is 14.3 Å². The molecular formula is C24H28ClFN4O3S. The summed E-state index contributed by atoms with van der Waals surface area (Å²) in [5.41, 5.74) is 2.51. The lowest BCUT2D eigenvalue weighted by Gasteiger charge is -2.36. The Kier molecular flexibility index (Phi) is 6.79. The van der Waals surface area contributed by atoms with E-state index < -0.39 is 0 Å². The first-order chi connectivity index (χ1) is 16.2. The average molecular weight is 507 g/mol. The second-order valence-corrected chi connectivity index (χ2v) is 10.1. The number of piperidine rings is 1. The molecule has 7 nitrogen and oxygen atoms in total. The Morgan fingerprint density at radius 3 is 2.74 bits per heavy atom. The van der Waals surface area contributed by atoms with E-state index in [1.807, 2.05) is 6.07 Å². The number of halogens is 2. The van der Waals surface area contributed by atoms with Crippen LogP contribution in [0.3, 0.4) is 0 Å². The third kappa shape index (κ3) is 4.42. The highest BCUT2D eigenvalue weighted by Gasteiger charge is 2.30. The van der Waals surface area contributed by atoms with E-state index in [4.69, 9.17) is 9.47 Å². The van der Waals surface area contributed by atoms with Crippen LogP contribution in [0.2, 0.25) is 0 Å². The lowest BCUT2D eigenvalue weighted by Crippen LogP contribution is -2.44. The number of nitrogens with zero attached hydrogens (tertiary/aromatic N) is 3. The smallest absolute Gasteiger partial charge is 0.308 e. The average Bonchev–Trinajstić information content (AvgIpc) is 3.17. The summed E-state index contributed by atoms with van der Waals surface area (Å²) >= 11 is 1.22. The van der Waals surface area contributed by atoms with Crippen molar-refractivity contribution < 1.29 is 13.9 Å². The van der Waals surface area contributed by atoms with Gasteiger partial charge in [0.1, 0.15) is 19.0 Å². The Morgan fingerprint density at radius 2 is 1.91 bits per heavy atom. The fourth-order valence-electron chi connectivity index (χ4n) is 5.33. The van der Waals surface area contributed by atoms with E-state index in [1.165, 1.54) is 17.4 Å². The van der Waals surface area contributed by atoms with E-state index >= 15 is 0 Å². The Hall–Kier alpha value is -2.20. The number of likely N-dealkylation sites (tertiary alicyclic amines) is 1. The first kappa shape index (κ1) is 23.5. The van der Waals surface area contributed by atoms with Gasteiger partial charge >= 0.3 is 4.87 Å². The van der Waals surface area contributed by atoms with Crippen LogP contribution in [0.15, 0.2) is 29.2 Å². The van der Waals surface area contributed by atoms with Crippen molar-refractivity contribution in [3.63, 3.8) is 0 Å². The number of rotatable bonds is 5. The van der Waals surface area contributed by atoms with Crippen molar-refractivity contribution in [1.82, 2.24) is 19.8 Å². The van der Waals surface area contributed by atoms with Crippen LogP contribution in [0, 0.1) is 5.82 Å². The maximum absolute atomic E-state index is 14.8. The number of fused-ring (bicyclic) bond motifs is 1. The van der Waals surface area contributed by atoms with Gasteiger partial charge in [-0.2, -0.15) is 0 Å². The minimum atomic E-state index is -0.178. The normalized spacial score (nSPS) is 20.3. The number of nitrogens with one attached hydrogen (secondary N) is 1. The number of hydrogen-bond acceptors (Lipinski definition) is 7. The van der Waals surface area contributed by atoms with Crippen LogP contribution < -0.4 is 19.7 Å². The maximum atomic E-state index is 14.8. The molecule has 34 heavy (non-hydrogen) atoms. The molecule has 0 bridgehead atoms. The number of benzene rings is 1. The zero-order chi connectivity index (χ0) is 22.4. The van der Waals surface area contributed by atoms with E-state index in [2.05, 4.69) is 15.2 Å². The highest BCUT2D eigenvalue weighted by Crippen LogP contribution is 2.37. The lowest BCUT2D eigenvalue weighted by atomic mass is 9.90. The van der Waals surface area contributed by atoms with Gasteiger partial charge < -0.3 is 19.7 Å². The molecule has 0 radical (unpaired) electrons. The summed E-state index contributed by atoms with van der Waals surface area (Å²) in [5, 5.41) is 3.63. The van der Waals surface area contributed by atoms with Crippen LogP contribution >= 0.6 is 23.7 Å². The molecule has 0 saturated carbocycles. The summed E-state index contributed by atoms with van der Waals surface area (Å²) in [5.74, 6) is 1.44. The molecule has 0 spiro atoms. The van der Waals surface area contributed by atoms with E-state index in [0.717, 1.165) is 66.1 Å². The van der Waals surface area contributed by atoms with Crippen LogP contribution in [-0.2, 0) is 13.1 Å².